The molecule has 0 bridgehead atoms. The van der Waals surface area contributed by atoms with Crippen LogP contribution in [0.1, 0.15) is 16.1 Å². The Balaban J connectivity index is 2.07. The second-order valence-electron chi connectivity index (χ2n) is 4.01. The van der Waals surface area contributed by atoms with E-state index in [-0.39, 0.29) is 5.78 Å². The molecule has 0 saturated heterocycles. The number of carbonyl (C=O) groups excluding carboxylic acids is 1. The van der Waals surface area contributed by atoms with Crippen LogP contribution in [-0.4, -0.2) is 10.8 Å². The highest BCUT2D eigenvalue weighted by atomic mass is 35.5. The summed E-state index contributed by atoms with van der Waals surface area (Å²) in [5, 5.41) is 1.50. The second-order valence-corrected chi connectivity index (χ2v) is 4.45. The van der Waals surface area contributed by atoms with Crippen LogP contribution < -0.4 is 0 Å². The van der Waals surface area contributed by atoms with Gasteiger partial charge in [-0.15, -0.1) is 0 Å². The molecule has 0 aliphatic heterocycles. The van der Waals surface area contributed by atoms with Gasteiger partial charge >= 0.3 is 0 Å². The summed E-state index contributed by atoms with van der Waals surface area (Å²) < 4.78 is 0. The molecule has 2 nitrogen and oxygen atoms in total. The van der Waals surface area contributed by atoms with Gasteiger partial charge in [-0.1, -0.05) is 48.0 Å². The van der Waals surface area contributed by atoms with Gasteiger partial charge in [-0.3, -0.25) is 4.79 Å². The number of ketones is 1. The number of benzene rings is 2. The van der Waals surface area contributed by atoms with E-state index in [2.05, 4.69) is 11.1 Å². The molecular weight excluding hydrogens is 246 g/mol. The van der Waals surface area contributed by atoms with Gasteiger partial charge in [0.25, 0.3) is 0 Å². The standard InChI is InChI=1S/C15H9ClNO/c16-12-7-6-11-8-14(17-13(11)9-12)15(18)10-4-2-1-3-5-10/h1-7,9,17H. The topological polar surface area (TPSA) is 32.9 Å². The predicted molar refractivity (Wildman–Crippen MR) is 72.0 cm³/mol. The van der Waals surface area contributed by atoms with Crippen molar-refractivity contribution in [2.24, 2.45) is 0 Å². The third-order valence-corrected chi connectivity index (χ3v) is 3.00. The molecule has 0 unspecified atom stereocenters. The van der Waals surface area contributed by atoms with Gasteiger partial charge in [0, 0.05) is 27.6 Å². The maximum absolute atomic E-state index is 12.2. The van der Waals surface area contributed by atoms with Gasteiger partial charge in [0.1, 0.15) is 0 Å². The van der Waals surface area contributed by atoms with Crippen LogP contribution in [-0.2, 0) is 0 Å². The van der Waals surface area contributed by atoms with E-state index in [0.717, 1.165) is 10.9 Å². The molecule has 1 N–H and O–H groups in total. The molecule has 0 amide bonds. The first-order valence-electron chi connectivity index (χ1n) is 5.54. The number of fused-ring (bicyclic) bond motifs is 1. The van der Waals surface area contributed by atoms with E-state index in [1.165, 1.54) is 0 Å². The third kappa shape index (κ3) is 1.91. The molecule has 0 fully saturated rings. The Morgan fingerprint density at radius 2 is 1.89 bits per heavy atom. The lowest BCUT2D eigenvalue weighted by Crippen LogP contribution is -2.00. The van der Waals surface area contributed by atoms with Crippen LogP contribution in [0.2, 0.25) is 5.02 Å². The number of halogens is 1. The van der Waals surface area contributed by atoms with Crippen molar-refractivity contribution in [3.05, 3.63) is 70.9 Å². The van der Waals surface area contributed by atoms with Gasteiger partial charge < -0.3 is 4.98 Å². The van der Waals surface area contributed by atoms with Crippen molar-refractivity contribution in [1.29, 1.82) is 0 Å². The Morgan fingerprint density at radius 3 is 2.67 bits per heavy atom. The van der Waals surface area contributed by atoms with Gasteiger partial charge in [0.2, 0.25) is 5.78 Å². The van der Waals surface area contributed by atoms with Crippen molar-refractivity contribution in [3.63, 3.8) is 0 Å². The van der Waals surface area contributed by atoms with Gasteiger partial charge in [0.05, 0.1) is 5.69 Å². The van der Waals surface area contributed by atoms with Crippen LogP contribution in [0.5, 0.6) is 0 Å². The first kappa shape index (κ1) is 11.1. The van der Waals surface area contributed by atoms with E-state index in [9.17, 15) is 4.79 Å². The van der Waals surface area contributed by atoms with E-state index in [0.29, 0.717) is 16.3 Å². The van der Waals surface area contributed by atoms with Gasteiger partial charge in [-0.2, -0.15) is 0 Å². The average Bonchev–Trinajstić information content (AvgIpc) is 2.81. The van der Waals surface area contributed by atoms with E-state index >= 15 is 0 Å². The molecule has 0 atom stereocenters. The zero-order chi connectivity index (χ0) is 12.5. The fourth-order valence-corrected chi connectivity index (χ4v) is 2.05. The van der Waals surface area contributed by atoms with Crippen molar-refractivity contribution in [2.75, 3.05) is 0 Å². The van der Waals surface area contributed by atoms with Crippen LogP contribution >= 0.6 is 11.6 Å². The van der Waals surface area contributed by atoms with Crippen molar-refractivity contribution in [1.82, 2.24) is 4.98 Å². The fourth-order valence-electron chi connectivity index (χ4n) is 1.88. The first-order valence-corrected chi connectivity index (χ1v) is 5.92. The molecule has 2 aromatic carbocycles. The third-order valence-electron chi connectivity index (χ3n) is 2.76. The zero-order valence-electron chi connectivity index (χ0n) is 9.41. The molecule has 0 aliphatic rings. The monoisotopic (exact) mass is 254 g/mol. The maximum Gasteiger partial charge on any atom is 0.209 e. The minimum absolute atomic E-state index is 0.0667. The highest BCUT2D eigenvalue weighted by molar-refractivity contribution is 6.31. The summed E-state index contributed by atoms with van der Waals surface area (Å²) in [6, 6.07) is 17.6. The van der Waals surface area contributed by atoms with Crippen LogP contribution in [0.25, 0.3) is 10.9 Å². The summed E-state index contributed by atoms with van der Waals surface area (Å²) in [6.45, 7) is 0. The number of aromatic nitrogens is 1. The van der Waals surface area contributed by atoms with Crippen LogP contribution in [0.4, 0.5) is 0 Å². The lowest BCUT2D eigenvalue weighted by atomic mass is 10.1. The van der Waals surface area contributed by atoms with Crippen LogP contribution in [0, 0.1) is 6.07 Å². The molecule has 1 heterocycles. The molecule has 1 aromatic heterocycles. The molecule has 3 aromatic rings. The molecule has 87 valence electrons. The van der Waals surface area contributed by atoms with Gasteiger partial charge in [-0.25, -0.2) is 0 Å². The number of hydrogen-bond donors (Lipinski definition) is 1. The van der Waals surface area contributed by atoms with E-state index in [4.69, 9.17) is 11.6 Å². The average molecular weight is 255 g/mol. The minimum atomic E-state index is -0.0667. The molecule has 0 spiro atoms. The normalized spacial score (nSPS) is 10.7. The summed E-state index contributed by atoms with van der Waals surface area (Å²) in [5.41, 5.74) is 1.92. The highest BCUT2D eigenvalue weighted by Gasteiger charge is 2.12. The number of hydrogen-bond acceptors (Lipinski definition) is 1. The predicted octanol–water partition coefficient (Wildman–Crippen LogP) is 3.85. The quantitative estimate of drug-likeness (QED) is 0.692. The Morgan fingerprint density at radius 1 is 1.11 bits per heavy atom. The molecule has 0 aliphatic carbocycles. The molecule has 3 rings (SSSR count). The first-order chi connectivity index (χ1) is 8.74. The number of aromatic amines is 1. The number of carbonyl (C=O) groups is 1. The smallest absolute Gasteiger partial charge is 0.209 e. The Bertz CT molecular complexity index is 716. The Kier molecular flexibility index (Phi) is 2.65. The zero-order valence-corrected chi connectivity index (χ0v) is 10.2. The van der Waals surface area contributed by atoms with Crippen LogP contribution in [0.15, 0.2) is 48.5 Å². The lowest BCUT2D eigenvalue weighted by Gasteiger charge is -1.96. The second kappa shape index (κ2) is 4.31. The maximum atomic E-state index is 12.2. The van der Waals surface area contributed by atoms with E-state index in [1.807, 2.05) is 24.3 Å². The molecule has 1 radical (unpaired) electrons. The number of nitrogens with one attached hydrogen (secondary N) is 1. The lowest BCUT2D eigenvalue weighted by molar-refractivity contribution is 0.103. The van der Waals surface area contributed by atoms with Crippen molar-refractivity contribution in [3.8, 4) is 0 Å². The summed E-state index contributed by atoms with van der Waals surface area (Å²) in [6.07, 6.45) is 0. The summed E-state index contributed by atoms with van der Waals surface area (Å²) in [5.74, 6) is -0.0667. The molecule has 18 heavy (non-hydrogen) atoms. The fraction of sp³-hybridized carbons (Fsp3) is 0. The van der Waals surface area contributed by atoms with E-state index < -0.39 is 0 Å². The van der Waals surface area contributed by atoms with E-state index in [1.54, 1.807) is 24.3 Å². The van der Waals surface area contributed by atoms with Gasteiger partial charge in [0.15, 0.2) is 0 Å². The van der Waals surface area contributed by atoms with Crippen LogP contribution in [0.3, 0.4) is 0 Å². The number of H-pyrrole nitrogens is 1. The van der Waals surface area contributed by atoms with Gasteiger partial charge in [-0.05, 0) is 12.1 Å². The van der Waals surface area contributed by atoms with Crippen molar-refractivity contribution in [2.45, 2.75) is 0 Å². The SMILES string of the molecule is O=C(c1ccccc1)c1[c]c2ccc(Cl)cc2[nH]1. The van der Waals surface area contributed by atoms with Crippen molar-refractivity contribution >= 4 is 28.3 Å². The molecular formula is C15H9ClNO. The Labute approximate surface area is 109 Å². The largest absolute Gasteiger partial charge is 0.351 e. The summed E-state index contributed by atoms with van der Waals surface area (Å²) >= 11 is 5.91. The highest BCUT2D eigenvalue weighted by Crippen LogP contribution is 2.20. The summed E-state index contributed by atoms with van der Waals surface area (Å²) in [7, 11) is 0. The summed E-state index contributed by atoms with van der Waals surface area (Å²) in [4.78, 5) is 15.3. The number of rotatable bonds is 2. The molecule has 0 saturated carbocycles. The minimum Gasteiger partial charge on any atom is -0.351 e. The Hall–Kier alpha value is -2.06. The molecule has 3 heteroatoms. The van der Waals surface area contributed by atoms with Crippen molar-refractivity contribution < 1.29 is 4.79 Å².